The number of carboxylic acids is 1. The van der Waals surface area contributed by atoms with E-state index in [0.29, 0.717) is 0 Å². The number of aromatic amines is 1. The van der Waals surface area contributed by atoms with Crippen molar-refractivity contribution >= 4 is 28.9 Å². The molecule has 0 unspecified atom stereocenters. The number of amides is 2. The van der Waals surface area contributed by atoms with Crippen molar-refractivity contribution in [3.63, 3.8) is 0 Å². The molecule has 0 aliphatic carbocycles. The second kappa shape index (κ2) is 11.1. The van der Waals surface area contributed by atoms with Crippen molar-refractivity contribution in [3.8, 4) is 0 Å². The quantitative estimate of drug-likeness (QED) is 0.349. The van der Waals surface area contributed by atoms with Crippen LogP contribution >= 0.6 is 0 Å². The second-order valence-electron chi connectivity index (χ2n) is 7.91. The van der Waals surface area contributed by atoms with E-state index in [9.17, 15) is 19.5 Å². The van der Waals surface area contributed by atoms with Gasteiger partial charge in [0.1, 0.15) is 12.6 Å². The lowest BCUT2D eigenvalue weighted by molar-refractivity contribution is -0.148. The first-order valence-corrected chi connectivity index (χ1v) is 10.6. The summed E-state index contributed by atoms with van der Waals surface area (Å²) in [6.07, 6.45) is -0.152. The number of carbonyl (C=O) groups is 3. The number of H-pyrrole nitrogens is 1. The van der Waals surface area contributed by atoms with Gasteiger partial charge in [0.05, 0.1) is 0 Å². The van der Waals surface area contributed by atoms with Gasteiger partial charge in [0.2, 0.25) is 0 Å². The summed E-state index contributed by atoms with van der Waals surface area (Å²) in [5.74, 6) is -2.17. The minimum absolute atomic E-state index is 0.0419. The summed E-state index contributed by atoms with van der Waals surface area (Å²) >= 11 is 0. The Kier molecular flexibility index (Phi) is 8.04. The van der Waals surface area contributed by atoms with Gasteiger partial charge >= 0.3 is 12.1 Å². The molecule has 2 aromatic carbocycles. The van der Waals surface area contributed by atoms with Crippen molar-refractivity contribution in [3.05, 3.63) is 71.9 Å². The number of benzene rings is 2. The van der Waals surface area contributed by atoms with E-state index in [4.69, 9.17) is 9.57 Å². The smallest absolute Gasteiger partial charge is 0.431 e. The van der Waals surface area contributed by atoms with Crippen molar-refractivity contribution in [1.82, 2.24) is 15.8 Å². The number of hydrogen-bond acceptors (Lipinski definition) is 5. The number of fused-ring (bicyclic) bond motifs is 1. The molecule has 174 valence electrons. The van der Waals surface area contributed by atoms with E-state index in [2.05, 4.69) is 15.8 Å². The third-order valence-electron chi connectivity index (χ3n) is 5.06. The zero-order valence-corrected chi connectivity index (χ0v) is 18.4. The lowest BCUT2D eigenvalue weighted by atomic mass is 10.0. The van der Waals surface area contributed by atoms with Crippen LogP contribution in [0.5, 0.6) is 0 Å². The molecule has 4 N–H and O–H groups in total. The van der Waals surface area contributed by atoms with E-state index in [1.807, 2.05) is 42.5 Å². The summed E-state index contributed by atoms with van der Waals surface area (Å²) in [5, 5.41) is 13.1. The molecular formula is C24H27N3O6. The molecule has 1 heterocycles. The fourth-order valence-corrected chi connectivity index (χ4v) is 3.33. The van der Waals surface area contributed by atoms with Crippen molar-refractivity contribution in [2.45, 2.75) is 39.0 Å². The van der Waals surface area contributed by atoms with Gasteiger partial charge in [-0.15, -0.1) is 0 Å². The van der Waals surface area contributed by atoms with Gasteiger partial charge in [-0.25, -0.2) is 9.59 Å². The van der Waals surface area contributed by atoms with Crippen LogP contribution in [0.25, 0.3) is 10.9 Å². The Bertz CT molecular complexity index is 1100. The molecule has 2 amide bonds. The Morgan fingerprint density at radius 3 is 2.42 bits per heavy atom. The molecule has 0 saturated heterocycles. The Labute approximate surface area is 191 Å². The fourth-order valence-electron chi connectivity index (χ4n) is 3.33. The van der Waals surface area contributed by atoms with Gasteiger partial charge in [0, 0.05) is 23.5 Å². The predicted octanol–water partition coefficient (Wildman–Crippen LogP) is 3.16. The van der Waals surface area contributed by atoms with Gasteiger partial charge in [-0.2, -0.15) is 5.48 Å². The molecule has 0 radical (unpaired) electrons. The number of aromatic nitrogens is 1. The molecular weight excluding hydrogens is 426 g/mol. The Morgan fingerprint density at radius 1 is 1.03 bits per heavy atom. The largest absolute Gasteiger partial charge is 0.480 e. The maximum atomic E-state index is 12.8. The van der Waals surface area contributed by atoms with Crippen LogP contribution in [0.2, 0.25) is 0 Å². The highest BCUT2D eigenvalue weighted by Gasteiger charge is 2.30. The van der Waals surface area contributed by atoms with Crippen LogP contribution in [-0.4, -0.2) is 40.2 Å². The Balaban J connectivity index is 1.58. The predicted molar refractivity (Wildman–Crippen MR) is 121 cm³/mol. The number of rotatable bonds is 10. The lowest BCUT2D eigenvalue weighted by Crippen LogP contribution is -2.50. The van der Waals surface area contributed by atoms with Gasteiger partial charge in [-0.1, -0.05) is 62.4 Å². The van der Waals surface area contributed by atoms with Crippen molar-refractivity contribution < 1.29 is 29.1 Å². The normalized spacial score (nSPS) is 12.8. The van der Waals surface area contributed by atoms with Gasteiger partial charge in [0.15, 0.2) is 6.10 Å². The number of hydrogen-bond donors (Lipinski definition) is 4. The van der Waals surface area contributed by atoms with E-state index in [1.165, 1.54) is 0 Å². The monoisotopic (exact) mass is 453 g/mol. The van der Waals surface area contributed by atoms with Crippen molar-refractivity contribution in [2.75, 3.05) is 0 Å². The standard InChI is InChI=1S/C24H27N3O6/c1-15(2)21(33-27-24(31)32-14-16-8-4-3-5-9-16)22(28)26-20(23(29)30)12-17-13-25-19-11-7-6-10-18(17)19/h3-11,13,15,20-21,25H,12,14H2,1-2H3,(H,26,28)(H,27,31)(H,29,30)/t20-,21-/m0/s1. The topological polar surface area (TPSA) is 130 Å². The molecule has 0 aliphatic heterocycles. The summed E-state index contributed by atoms with van der Waals surface area (Å²) in [5.41, 5.74) is 4.56. The van der Waals surface area contributed by atoms with Crippen LogP contribution in [0.3, 0.4) is 0 Å². The fraction of sp³-hybridized carbons (Fsp3) is 0.292. The molecule has 0 saturated carbocycles. The Hall–Kier alpha value is -3.85. The lowest BCUT2D eigenvalue weighted by Gasteiger charge is -2.22. The van der Waals surface area contributed by atoms with E-state index >= 15 is 0 Å². The molecule has 0 fully saturated rings. The molecule has 2 atom stereocenters. The van der Waals surface area contributed by atoms with Gasteiger partial charge < -0.3 is 20.1 Å². The van der Waals surface area contributed by atoms with E-state index < -0.39 is 30.1 Å². The summed E-state index contributed by atoms with van der Waals surface area (Å²) in [4.78, 5) is 44.9. The van der Waals surface area contributed by atoms with Gasteiger partial charge in [-0.3, -0.25) is 9.63 Å². The molecule has 0 aliphatic rings. The summed E-state index contributed by atoms with van der Waals surface area (Å²) < 4.78 is 5.06. The van der Waals surface area contributed by atoms with Crippen LogP contribution in [-0.2, 0) is 32.2 Å². The average Bonchev–Trinajstić information content (AvgIpc) is 3.20. The maximum absolute atomic E-state index is 12.8. The molecule has 3 aromatic rings. The average molecular weight is 453 g/mol. The number of carbonyl (C=O) groups excluding carboxylic acids is 2. The molecule has 0 bridgehead atoms. The minimum atomic E-state index is -1.17. The second-order valence-corrected chi connectivity index (χ2v) is 7.91. The number of hydroxylamine groups is 1. The number of nitrogens with one attached hydrogen (secondary N) is 3. The third kappa shape index (κ3) is 6.56. The van der Waals surface area contributed by atoms with Crippen LogP contribution in [0.4, 0.5) is 4.79 Å². The molecule has 9 heteroatoms. The van der Waals surface area contributed by atoms with E-state index in [1.54, 1.807) is 32.2 Å². The first kappa shape index (κ1) is 23.8. The summed E-state index contributed by atoms with van der Waals surface area (Å²) in [7, 11) is 0. The number of aliphatic carboxylic acids is 1. The molecule has 33 heavy (non-hydrogen) atoms. The molecule has 9 nitrogen and oxygen atoms in total. The third-order valence-corrected chi connectivity index (χ3v) is 5.06. The molecule has 0 spiro atoms. The first-order valence-electron chi connectivity index (χ1n) is 10.6. The maximum Gasteiger partial charge on any atom is 0.431 e. The van der Waals surface area contributed by atoms with Gasteiger partial charge in [-0.05, 0) is 23.1 Å². The molecule has 3 rings (SSSR count). The highest BCUT2D eigenvalue weighted by atomic mass is 16.7. The van der Waals surface area contributed by atoms with Crippen molar-refractivity contribution in [1.29, 1.82) is 0 Å². The summed E-state index contributed by atoms with van der Waals surface area (Å²) in [6.45, 7) is 3.48. The zero-order chi connectivity index (χ0) is 23.8. The summed E-state index contributed by atoms with van der Waals surface area (Å²) in [6, 6.07) is 15.4. The highest BCUT2D eigenvalue weighted by Crippen LogP contribution is 2.19. The number of ether oxygens (including phenoxy) is 1. The van der Waals surface area contributed by atoms with Crippen molar-refractivity contribution in [2.24, 2.45) is 5.92 Å². The molecule has 1 aromatic heterocycles. The number of para-hydroxylation sites is 1. The minimum Gasteiger partial charge on any atom is -0.480 e. The first-order chi connectivity index (χ1) is 15.8. The van der Waals surface area contributed by atoms with E-state index in [-0.39, 0.29) is 18.9 Å². The SMILES string of the molecule is CC(C)[C@H](ONC(=O)OCc1ccccc1)C(=O)N[C@@H](Cc1c[nH]c2ccccc12)C(=O)O. The highest BCUT2D eigenvalue weighted by molar-refractivity contribution is 5.88. The van der Waals surface area contributed by atoms with E-state index in [0.717, 1.165) is 22.0 Å². The van der Waals surface area contributed by atoms with Gasteiger partial charge in [0.25, 0.3) is 5.91 Å². The van der Waals surface area contributed by atoms with Crippen LogP contribution in [0, 0.1) is 5.92 Å². The van der Waals surface area contributed by atoms with Crippen LogP contribution in [0.15, 0.2) is 60.8 Å². The Morgan fingerprint density at radius 2 is 1.73 bits per heavy atom. The number of carboxylic acid groups (broad SMARTS) is 1. The van der Waals surface area contributed by atoms with Crippen LogP contribution in [0.1, 0.15) is 25.0 Å². The van der Waals surface area contributed by atoms with Crippen LogP contribution < -0.4 is 10.8 Å². The zero-order valence-electron chi connectivity index (χ0n) is 18.4.